The molecule has 3 aromatic rings. The van der Waals surface area contributed by atoms with Gasteiger partial charge in [0.1, 0.15) is 11.4 Å². The van der Waals surface area contributed by atoms with E-state index in [9.17, 15) is 24.5 Å². The van der Waals surface area contributed by atoms with Crippen LogP contribution in [0.4, 0.5) is 17.1 Å². The number of esters is 1. The van der Waals surface area contributed by atoms with Crippen molar-refractivity contribution in [3.63, 3.8) is 0 Å². The first-order valence-electron chi connectivity index (χ1n) is 11.7. The highest BCUT2D eigenvalue weighted by Crippen LogP contribution is 2.30. The molecule has 37 heavy (non-hydrogen) atoms. The lowest BCUT2D eigenvalue weighted by Crippen LogP contribution is -2.36. The zero-order valence-electron chi connectivity index (χ0n) is 20.7. The highest BCUT2D eigenvalue weighted by Gasteiger charge is 2.27. The maximum atomic E-state index is 13.0. The number of amides is 1. The van der Waals surface area contributed by atoms with E-state index >= 15 is 0 Å². The number of hydrogen-bond acceptors (Lipinski definition) is 8. The van der Waals surface area contributed by atoms with Gasteiger partial charge in [-0.25, -0.2) is 9.48 Å². The topological polar surface area (TPSA) is 138 Å². The van der Waals surface area contributed by atoms with Crippen molar-refractivity contribution in [1.82, 2.24) is 9.36 Å². The van der Waals surface area contributed by atoms with Crippen LogP contribution in [-0.2, 0) is 21.3 Å². The molecule has 1 amide bonds. The number of ether oxygens (including phenoxy) is 2. The highest BCUT2D eigenvalue weighted by atomic mass is 16.6. The molecule has 1 atom stereocenters. The molecule has 1 N–H and O–H groups in total. The third-order valence-corrected chi connectivity index (χ3v) is 6.22. The number of nitrogens with zero attached hydrogens (tertiary/aromatic N) is 4. The molecule has 1 aromatic heterocycles. The molecule has 4 rings (SSSR count). The second kappa shape index (κ2) is 10.7. The summed E-state index contributed by atoms with van der Waals surface area (Å²) in [4.78, 5) is 51.5. The van der Waals surface area contributed by atoms with Crippen molar-refractivity contribution in [3.05, 3.63) is 80.3 Å². The first kappa shape index (κ1) is 25.6. The van der Waals surface area contributed by atoms with Gasteiger partial charge in [0.25, 0.3) is 17.2 Å². The fourth-order valence-electron chi connectivity index (χ4n) is 4.09. The lowest BCUT2D eigenvalue weighted by atomic mass is 10.1. The van der Waals surface area contributed by atoms with Crippen LogP contribution in [-0.4, -0.2) is 58.6 Å². The summed E-state index contributed by atoms with van der Waals surface area (Å²) in [5.74, 6) is -1.61. The normalized spacial score (nSPS) is 14.2. The number of nitrogens with one attached hydrogen (secondary N) is 1. The van der Waals surface area contributed by atoms with Crippen molar-refractivity contribution in [2.24, 2.45) is 7.05 Å². The number of carbonyl (C=O) groups is 2. The van der Waals surface area contributed by atoms with E-state index in [0.29, 0.717) is 43.4 Å². The van der Waals surface area contributed by atoms with Crippen LogP contribution >= 0.6 is 0 Å². The molecule has 12 nitrogen and oxygen atoms in total. The number of morpholine rings is 1. The fourth-order valence-corrected chi connectivity index (χ4v) is 4.09. The number of aromatic nitrogens is 2. The van der Waals surface area contributed by atoms with Crippen LogP contribution in [0.3, 0.4) is 0 Å². The summed E-state index contributed by atoms with van der Waals surface area (Å²) in [6.45, 7) is 4.93. The van der Waals surface area contributed by atoms with Gasteiger partial charge in [-0.2, -0.15) is 0 Å². The third kappa shape index (κ3) is 5.23. The minimum Gasteiger partial charge on any atom is -0.449 e. The lowest BCUT2D eigenvalue weighted by Gasteiger charge is -2.28. The molecule has 1 aliphatic heterocycles. The number of nitro benzene ring substituents is 1. The quantitative estimate of drug-likeness (QED) is 0.291. The van der Waals surface area contributed by atoms with Crippen LogP contribution in [0.5, 0.6) is 0 Å². The Bertz CT molecular complexity index is 1390. The minimum atomic E-state index is -1.27. The average molecular weight is 510 g/mol. The maximum absolute atomic E-state index is 13.0. The number of carbonyl (C=O) groups excluding carboxylic acids is 2. The Morgan fingerprint density at radius 3 is 2.46 bits per heavy atom. The van der Waals surface area contributed by atoms with Gasteiger partial charge in [-0.1, -0.05) is 18.2 Å². The molecule has 1 saturated heterocycles. The smallest absolute Gasteiger partial charge is 0.339 e. The van der Waals surface area contributed by atoms with E-state index in [4.69, 9.17) is 9.47 Å². The van der Waals surface area contributed by atoms with Crippen LogP contribution in [0.2, 0.25) is 0 Å². The van der Waals surface area contributed by atoms with E-state index in [0.717, 1.165) is 6.07 Å². The van der Waals surface area contributed by atoms with Gasteiger partial charge < -0.3 is 19.7 Å². The summed E-state index contributed by atoms with van der Waals surface area (Å²) in [7, 11) is 1.69. The largest absolute Gasteiger partial charge is 0.449 e. The molecule has 0 aliphatic carbocycles. The average Bonchev–Trinajstić information content (AvgIpc) is 3.11. The van der Waals surface area contributed by atoms with Crippen molar-refractivity contribution in [2.45, 2.75) is 20.0 Å². The van der Waals surface area contributed by atoms with Crippen LogP contribution in [0.25, 0.3) is 5.69 Å². The Morgan fingerprint density at radius 1 is 1.14 bits per heavy atom. The van der Waals surface area contributed by atoms with Crippen LogP contribution in [0.1, 0.15) is 23.0 Å². The summed E-state index contributed by atoms with van der Waals surface area (Å²) in [5.41, 5.74) is 0.831. The molecule has 12 heteroatoms. The maximum Gasteiger partial charge on any atom is 0.339 e. The van der Waals surface area contributed by atoms with Crippen molar-refractivity contribution < 1.29 is 24.0 Å². The van der Waals surface area contributed by atoms with E-state index in [-0.39, 0.29) is 16.9 Å². The van der Waals surface area contributed by atoms with E-state index in [1.165, 1.54) is 23.7 Å². The summed E-state index contributed by atoms with van der Waals surface area (Å²) in [5, 5.41) is 14.2. The molecule has 1 aliphatic rings. The van der Waals surface area contributed by atoms with E-state index in [1.54, 1.807) is 42.9 Å². The molecule has 1 fully saturated rings. The van der Waals surface area contributed by atoms with Crippen molar-refractivity contribution in [2.75, 3.05) is 36.5 Å². The Kier molecular flexibility index (Phi) is 7.39. The number of hydrogen-bond donors (Lipinski definition) is 1. The van der Waals surface area contributed by atoms with E-state index in [2.05, 4.69) is 5.32 Å². The molecular weight excluding hydrogens is 482 g/mol. The molecule has 0 spiro atoms. The van der Waals surface area contributed by atoms with Gasteiger partial charge in [-0.15, -0.1) is 0 Å². The fraction of sp³-hybridized carbons (Fsp3) is 0.320. The zero-order chi connectivity index (χ0) is 26.7. The summed E-state index contributed by atoms with van der Waals surface area (Å²) in [6, 6.07) is 13.0. The Hall–Kier alpha value is -4.45. The van der Waals surface area contributed by atoms with Gasteiger partial charge in [-0.05, 0) is 38.1 Å². The number of nitro groups is 1. The predicted octanol–water partition coefficient (Wildman–Crippen LogP) is 2.41. The number of benzene rings is 2. The predicted molar refractivity (Wildman–Crippen MR) is 135 cm³/mol. The third-order valence-electron chi connectivity index (χ3n) is 6.22. The van der Waals surface area contributed by atoms with Crippen LogP contribution in [0.15, 0.2) is 53.3 Å². The van der Waals surface area contributed by atoms with Crippen molar-refractivity contribution in [3.8, 4) is 5.69 Å². The number of anilines is 2. The van der Waals surface area contributed by atoms with Gasteiger partial charge in [0.2, 0.25) is 0 Å². The Balaban J connectivity index is 1.49. The first-order chi connectivity index (χ1) is 17.7. The summed E-state index contributed by atoms with van der Waals surface area (Å²) < 4.78 is 13.6. The van der Waals surface area contributed by atoms with Gasteiger partial charge in [0.15, 0.2) is 6.10 Å². The monoisotopic (exact) mass is 509 g/mol. The van der Waals surface area contributed by atoms with Gasteiger partial charge in [-0.3, -0.25) is 24.4 Å². The molecular formula is C25H27N5O7. The standard InChI is InChI=1S/C25H27N5O7/c1-16-22(24(32)29(27(16)3)19-7-5-4-6-8-19)26-23(31)17(2)37-25(33)18-9-10-20(21(15-18)30(34)35)28-11-13-36-14-12-28/h4-10,15,17H,11-14H2,1-3H3,(H,26,31). The second-order valence-corrected chi connectivity index (χ2v) is 8.53. The lowest BCUT2D eigenvalue weighted by molar-refractivity contribution is -0.384. The van der Waals surface area contributed by atoms with E-state index < -0.39 is 28.5 Å². The molecule has 2 heterocycles. The summed E-state index contributed by atoms with van der Waals surface area (Å²) >= 11 is 0. The molecule has 0 radical (unpaired) electrons. The highest BCUT2D eigenvalue weighted by molar-refractivity contribution is 5.98. The Labute approximate surface area is 212 Å². The van der Waals surface area contributed by atoms with Gasteiger partial charge in [0.05, 0.1) is 35.1 Å². The minimum absolute atomic E-state index is 0.0600. The number of rotatable bonds is 7. The van der Waals surface area contributed by atoms with Gasteiger partial charge in [0, 0.05) is 26.2 Å². The number of para-hydroxylation sites is 1. The van der Waals surface area contributed by atoms with Crippen molar-refractivity contribution >= 4 is 28.9 Å². The first-order valence-corrected chi connectivity index (χ1v) is 11.7. The molecule has 1 unspecified atom stereocenters. The van der Waals surface area contributed by atoms with Crippen LogP contribution < -0.4 is 15.8 Å². The van der Waals surface area contributed by atoms with Crippen molar-refractivity contribution in [1.29, 1.82) is 0 Å². The zero-order valence-corrected chi connectivity index (χ0v) is 20.7. The molecule has 0 bridgehead atoms. The molecule has 2 aromatic carbocycles. The molecule has 194 valence electrons. The van der Waals surface area contributed by atoms with E-state index in [1.807, 2.05) is 11.0 Å². The Morgan fingerprint density at radius 2 is 1.81 bits per heavy atom. The summed E-state index contributed by atoms with van der Waals surface area (Å²) in [6.07, 6.45) is -1.27. The van der Waals surface area contributed by atoms with Gasteiger partial charge >= 0.3 is 5.97 Å². The van der Waals surface area contributed by atoms with Crippen LogP contribution in [0, 0.1) is 17.0 Å². The SMILES string of the molecule is Cc1c(NC(=O)C(C)OC(=O)c2ccc(N3CCOCC3)c([N+](=O)[O-])c2)c(=O)n(-c2ccccc2)n1C. The molecule has 0 saturated carbocycles. The second-order valence-electron chi connectivity index (χ2n) is 8.53.